The number of ketones is 1. The summed E-state index contributed by atoms with van der Waals surface area (Å²) in [7, 11) is 0. The van der Waals surface area contributed by atoms with E-state index in [-0.39, 0.29) is 9.74 Å². The van der Waals surface area contributed by atoms with Gasteiger partial charge in [0.15, 0.2) is 0 Å². The highest BCUT2D eigenvalue weighted by Crippen LogP contribution is 2.67. The zero-order valence-electron chi connectivity index (χ0n) is 15.5. The summed E-state index contributed by atoms with van der Waals surface area (Å²) in [6.07, 6.45) is 10.6. The lowest BCUT2D eigenvalue weighted by Gasteiger charge is -2.57. The minimum absolute atomic E-state index is 0.146. The number of hydrogen-bond acceptors (Lipinski definition) is 2. The third-order valence-corrected chi connectivity index (χ3v) is 10.8. The molecule has 0 aliphatic heterocycles. The van der Waals surface area contributed by atoms with Gasteiger partial charge in [0.05, 0.1) is 9.93 Å². The Bertz CT molecular complexity index is 544. The van der Waals surface area contributed by atoms with Gasteiger partial charge in [-0.3, -0.25) is 4.79 Å². The molecule has 0 saturated heterocycles. The van der Waals surface area contributed by atoms with Crippen molar-refractivity contribution in [2.75, 3.05) is 0 Å². The Kier molecular flexibility index (Phi) is 4.05. The first-order chi connectivity index (χ1) is 11.2. The Labute approximate surface area is 155 Å². The lowest BCUT2D eigenvalue weighted by molar-refractivity contribution is -0.126. The Morgan fingerprint density at radius 2 is 1.67 bits per heavy atom. The SMILES string of the molecule is CC(=O)[C@@]1(Br)CC[C@H]2[C@@H]3CC[C@@H]4C[C@](C)(O)CC[C@@H]4[C@H]3CC[C@@]21C. The number of hydrogen-bond donors (Lipinski definition) is 1. The molecule has 3 heteroatoms. The van der Waals surface area contributed by atoms with Gasteiger partial charge in [-0.05, 0) is 107 Å². The predicted molar refractivity (Wildman–Crippen MR) is 100 cm³/mol. The third kappa shape index (κ3) is 2.32. The lowest BCUT2D eigenvalue weighted by Crippen LogP contribution is -2.54. The molecule has 24 heavy (non-hydrogen) atoms. The number of rotatable bonds is 1. The molecule has 2 nitrogen and oxygen atoms in total. The van der Waals surface area contributed by atoms with E-state index in [0.717, 1.165) is 42.9 Å². The molecular weight excluding hydrogens is 364 g/mol. The fourth-order valence-corrected chi connectivity index (χ4v) is 8.37. The molecule has 0 amide bonds. The largest absolute Gasteiger partial charge is 0.390 e. The van der Waals surface area contributed by atoms with Crippen LogP contribution >= 0.6 is 15.9 Å². The maximum atomic E-state index is 12.4. The molecule has 0 bridgehead atoms. The molecule has 0 radical (unpaired) electrons. The van der Waals surface area contributed by atoms with E-state index >= 15 is 0 Å². The average molecular weight is 397 g/mol. The average Bonchev–Trinajstić information content (AvgIpc) is 2.79. The lowest BCUT2D eigenvalue weighted by atomic mass is 9.49. The fraction of sp³-hybridized carbons (Fsp3) is 0.952. The van der Waals surface area contributed by atoms with Crippen molar-refractivity contribution >= 4 is 21.7 Å². The van der Waals surface area contributed by atoms with Crippen LogP contribution in [0.5, 0.6) is 0 Å². The number of carbonyl (C=O) groups is 1. The minimum Gasteiger partial charge on any atom is -0.390 e. The second kappa shape index (κ2) is 5.55. The van der Waals surface area contributed by atoms with Crippen LogP contribution in [0.4, 0.5) is 0 Å². The van der Waals surface area contributed by atoms with Gasteiger partial charge in [0.1, 0.15) is 5.78 Å². The number of alkyl halides is 1. The van der Waals surface area contributed by atoms with Crippen molar-refractivity contribution in [3.05, 3.63) is 0 Å². The van der Waals surface area contributed by atoms with Crippen molar-refractivity contribution in [3.8, 4) is 0 Å². The first-order valence-corrected chi connectivity index (χ1v) is 10.9. The number of Topliss-reactive ketones (excluding diaryl/α,β-unsaturated/α-hetero) is 1. The van der Waals surface area contributed by atoms with Crippen molar-refractivity contribution in [2.45, 2.75) is 88.5 Å². The molecule has 4 rings (SSSR count). The zero-order valence-corrected chi connectivity index (χ0v) is 17.1. The summed E-state index contributed by atoms with van der Waals surface area (Å²) < 4.78 is -0.275. The van der Waals surface area contributed by atoms with E-state index in [0.29, 0.717) is 11.7 Å². The summed E-state index contributed by atoms with van der Waals surface area (Å²) in [5.41, 5.74) is -0.281. The number of carbonyl (C=O) groups excluding carboxylic acids is 1. The summed E-state index contributed by atoms with van der Waals surface area (Å²) in [6.45, 7) is 6.22. The van der Waals surface area contributed by atoms with E-state index in [9.17, 15) is 9.90 Å². The van der Waals surface area contributed by atoms with Crippen molar-refractivity contribution < 1.29 is 9.90 Å². The minimum atomic E-state index is -0.426. The molecule has 0 aromatic carbocycles. The second-order valence-electron chi connectivity index (χ2n) is 10.0. The summed E-state index contributed by atoms with van der Waals surface area (Å²) >= 11 is 3.93. The van der Waals surface area contributed by atoms with Crippen LogP contribution in [0.1, 0.15) is 78.6 Å². The van der Waals surface area contributed by atoms with Gasteiger partial charge in [-0.15, -0.1) is 0 Å². The first-order valence-electron chi connectivity index (χ1n) is 10.1. The quantitative estimate of drug-likeness (QED) is 0.624. The molecule has 4 aliphatic carbocycles. The summed E-state index contributed by atoms with van der Waals surface area (Å²) in [5.74, 6) is 4.28. The van der Waals surface area contributed by atoms with Gasteiger partial charge in [0.2, 0.25) is 0 Å². The van der Waals surface area contributed by atoms with Crippen LogP contribution in [-0.4, -0.2) is 20.8 Å². The van der Waals surface area contributed by atoms with E-state index in [4.69, 9.17) is 0 Å². The Morgan fingerprint density at radius 1 is 0.958 bits per heavy atom. The molecule has 0 spiro atoms. The Morgan fingerprint density at radius 3 is 2.38 bits per heavy atom. The first kappa shape index (κ1) is 17.5. The second-order valence-corrected chi connectivity index (χ2v) is 11.4. The fourth-order valence-electron chi connectivity index (χ4n) is 7.64. The van der Waals surface area contributed by atoms with Gasteiger partial charge in [0, 0.05) is 0 Å². The standard InChI is InChI=1S/C21H33BrO2/c1-13(23)21(22)11-8-18-17-5-4-14-12-19(2,24)9-6-15(14)16(17)7-10-20(18,21)3/h14-18,24H,4-12H2,1-3H3/t14-,15+,16-,17-,18+,19-,20+,21+/m1/s1. The van der Waals surface area contributed by atoms with Crippen LogP contribution in [0.3, 0.4) is 0 Å². The maximum absolute atomic E-state index is 12.4. The van der Waals surface area contributed by atoms with Gasteiger partial charge in [0.25, 0.3) is 0 Å². The summed E-state index contributed by atoms with van der Waals surface area (Å²) in [4.78, 5) is 12.4. The Balaban J connectivity index is 1.59. The van der Waals surface area contributed by atoms with Crippen molar-refractivity contribution in [1.29, 1.82) is 0 Å². The zero-order chi connectivity index (χ0) is 17.3. The van der Waals surface area contributed by atoms with E-state index in [1.165, 1.54) is 38.5 Å². The third-order valence-electron chi connectivity index (χ3n) is 8.89. The molecular formula is C21H33BrO2. The molecule has 4 aliphatic rings. The summed E-state index contributed by atoms with van der Waals surface area (Å²) in [5, 5.41) is 10.5. The van der Waals surface area contributed by atoms with Gasteiger partial charge in [-0.25, -0.2) is 0 Å². The van der Waals surface area contributed by atoms with Crippen LogP contribution < -0.4 is 0 Å². The van der Waals surface area contributed by atoms with Gasteiger partial charge >= 0.3 is 0 Å². The number of fused-ring (bicyclic) bond motifs is 5. The highest BCUT2D eigenvalue weighted by Gasteiger charge is 2.64. The van der Waals surface area contributed by atoms with Crippen molar-refractivity contribution in [3.63, 3.8) is 0 Å². The molecule has 0 aromatic heterocycles. The molecule has 4 saturated carbocycles. The highest BCUT2D eigenvalue weighted by atomic mass is 79.9. The van der Waals surface area contributed by atoms with E-state index in [1.54, 1.807) is 6.92 Å². The maximum Gasteiger partial charge on any atom is 0.147 e. The normalized spacial score (nSPS) is 57.0. The van der Waals surface area contributed by atoms with Crippen LogP contribution in [0.15, 0.2) is 0 Å². The van der Waals surface area contributed by atoms with Crippen LogP contribution in [-0.2, 0) is 4.79 Å². The predicted octanol–water partition coefficient (Wildman–Crippen LogP) is 5.11. The smallest absolute Gasteiger partial charge is 0.147 e. The van der Waals surface area contributed by atoms with Gasteiger partial charge in [-0.1, -0.05) is 22.9 Å². The molecule has 0 unspecified atom stereocenters. The van der Waals surface area contributed by atoms with E-state index < -0.39 is 5.60 Å². The number of aliphatic hydroxyl groups is 1. The topological polar surface area (TPSA) is 37.3 Å². The molecule has 1 N–H and O–H groups in total. The molecule has 4 fully saturated rings. The van der Waals surface area contributed by atoms with Crippen LogP contribution in [0.25, 0.3) is 0 Å². The van der Waals surface area contributed by atoms with E-state index in [1.807, 2.05) is 6.92 Å². The van der Waals surface area contributed by atoms with Crippen molar-refractivity contribution in [1.82, 2.24) is 0 Å². The van der Waals surface area contributed by atoms with Crippen LogP contribution in [0, 0.1) is 35.0 Å². The van der Waals surface area contributed by atoms with Gasteiger partial charge in [-0.2, -0.15) is 0 Å². The monoisotopic (exact) mass is 396 g/mol. The van der Waals surface area contributed by atoms with E-state index in [2.05, 4.69) is 22.9 Å². The van der Waals surface area contributed by atoms with Crippen LogP contribution in [0.2, 0.25) is 0 Å². The molecule has 8 atom stereocenters. The summed E-state index contributed by atoms with van der Waals surface area (Å²) in [6, 6.07) is 0. The number of halogens is 1. The highest BCUT2D eigenvalue weighted by molar-refractivity contribution is 9.10. The van der Waals surface area contributed by atoms with Crippen molar-refractivity contribution in [2.24, 2.45) is 35.0 Å². The molecule has 136 valence electrons. The van der Waals surface area contributed by atoms with Gasteiger partial charge < -0.3 is 5.11 Å². The molecule has 0 aromatic rings. The Hall–Kier alpha value is 0.110. The molecule has 0 heterocycles.